The average molecular weight is 494 g/mol. The van der Waals surface area contributed by atoms with Gasteiger partial charge in [0.05, 0.1) is 0 Å². The van der Waals surface area contributed by atoms with Gasteiger partial charge in [-0.2, -0.15) is 0 Å². The fourth-order valence-electron chi connectivity index (χ4n) is 3.03. The number of hydrogen-bond acceptors (Lipinski definition) is 3. The third-order valence-electron chi connectivity index (χ3n) is 4.60. The predicted molar refractivity (Wildman–Crippen MR) is 123 cm³/mol. The van der Waals surface area contributed by atoms with Crippen molar-refractivity contribution < 1.29 is 0 Å². The van der Waals surface area contributed by atoms with E-state index >= 15 is 0 Å². The molecule has 1 saturated heterocycles. The van der Waals surface area contributed by atoms with Gasteiger partial charge in [0.2, 0.25) is 0 Å². The molecule has 0 bridgehead atoms. The molecule has 0 saturated carbocycles. The van der Waals surface area contributed by atoms with Crippen LogP contribution < -0.4 is 10.6 Å². The molecule has 1 heterocycles. The van der Waals surface area contributed by atoms with Gasteiger partial charge in [0.1, 0.15) is 0 Å². The Morgan fingerprint density at radius 2 is 1.81 bits per heavy atom. The van der Waals surface area contributed by atoms with Crippen LogP contribution in [-0.4, -0.2) is 75.7 Å². The van der Waals surface area contributed by atoms with Gasteiger partial charge in [0.15, 0.2) is 5.96 Å². The first-order valence-electron chi connectivity index (χ1n) is 9.27. The lowest BCUT2D eigenvalue weighted by molar-refractivity contribution is 0.274. The van der Waals surface area contributed by atoms with Gasteiger partial charge < -0.3 is 20.4 Å². The SMILES string of the molecule is CN=C(NCCCN1CCCN(C)CC1)NCCc1ccc(Cl)cc1.I. The molecule has 7 heteroatoms. The molecule has 0 atom stereocenters. The van der Waals surface area contributed by atoms with Crippen LogP contribution in [-0.2, 0) is 6.42 Å². The van der Waals surface area contributed by atoms with Crippen molar-refractivity contribution >= 4 is 41.5 Å². The molecular weight excluding hydrogens is 461 g/mol. The fraction of sp³-hybridized carbons (Fsp3) is 0.632. The van der Waals surface area contributed by atoms with Crippen LogP contribution in [0.1, 0.15) is 18.4 Å². The first-order chi connectivity index (χ1) is 12.2. The summed E-state index contributed by atoms with van der Waals surface area (Å²) >= 11 is 5.91. The van der Waals surface area contributed by atoms with E-state index in [1.165, 1.54) is 38.2 Å². The zero-order chi connectivity index (χ0) is 17.9. The number of benzene rings is 1. The molecule has 0 aromatic heterocycles. The van der Waals surface area contributed by atoms with Gasteiger partial charge in [-0.15, -0.1) is 24.0 Å². The lowest BCUT2D eigenvalue weighted by Crippen LogP contribution is -2.39. The molecule has 1 fully saturated rings. The van der Waals surface area contributed by atoms with E-state index in [1.807, 2.05) is 19.2 Å². The van der Waals surface area contributed by atoms with Gasteiger partial charge in [-0.3, -0.25) is 4.99 Å². The standard InChI is InChI=1S/C19H32ClN5.HI/c1-21-19(23-11-9-17-5-7-18(20)8-6-17)22-10-3-13-25-14-4-12-24(2)15-16-25;/h5-8H,3-4,9-16H2,1-2H3,(H2,21,22,23);1H. The fourth-order valence-corrected chi connectivity index (χ4v) is 3.16. The van der Waals surface area contributed by atoms with Gasteiger partial charge in [-0.25, -0.2) is 0 Å². The second kappa shape index (κ2) is 13.6. The molecule has 148 valence electrons. The quantitative estimate of drug-likeness (QED) is 0.265. The first-order valence-corrected chi connectivity index (χ1v) is 9.65. The third-order valence-corrected chi connectivity index (χ3v) is 4.85. The Balaban J connectivity index is 0.00000338. The van der Waals surface area contributed by atoms with Crippen molar-refractivity contribution in [1.29, 1.82) is 0 Å². The zero-order valence-corrected chi connectivity index (χ0v) is 19.1. The number of guanidine groups is 1. The Bertz CT molecular complexity index is 523. The molecule has 2 rings (SSSR count). The molecule has 1 aliphatic heterocycles. The van der Waals surface area contributed by atoms with E-state index in [0.717, 1.165) is 43.5 Å². The number of rotatable bonds is 7. The summed E-state index contributed by atoms with van der Waals surface area (Å²) in [6.07, 6.45) is 3.37. The second-order valence-electron chi connectivity index (χ2n) is 6.65. The monoisotopic (exact) mass is 493 g/mol. The van der Waals surface area contributed by atoms with Crippen LogP contribution in [0.2, 0.25) is 5.02 Å². The Labute approximate surface area is 180 Å². The van der Waals surface area contributed by atoms with E-state index in [-0.39, 0.29) is 24.0 Å². The van der Waals surface area contributed by atoms with Crippen molar-refractivity contribution in [3.63, 3.8) is 0 Å². The summed E-state index contributed by atoms with van der Waals surface area (Å²) in [5, 5.41) is 7.56. The van der Waals surface area contributed by atoms with Gasteiger partial charge >= 0.3 is 0 Å². The Morgan fingerprint density at radius 1 is 1.08 bits per heavy atom. The van der Waals surface area contributed by atoms with Crippen LogP contribution in [0.4, 0.5) is 0 Å². The summed E-state index contributed by atoms with van der Waals surface area (Å²) in [7, 11) is 4.03. The lowest BCUT2D eigenvalue weighted by atomic mass is 10.1. The molecule has 0 unspecified atom stereocenters. The number of likely N-dealkylation sites (N-methyl/N-ethyl adjacent to an activating group) is 1. The number of nitrogens with one attached hydrogen (secondary N) is 2. The van der Waals surface area contributed by atoms with Crippen LogP contribution in [0.3, 0.4) is 0 Å². The van der Waals surface area contributed by atoms with Crippen molar-refractivity contribution in [2.75, 3.05) is 59.9 Å². The number of hydrogen-bond donors (Lipinski definition) is 2. The van der Waals surface area contributed by atoms with Crippen molar-refractivity contribution in [1.82, 2.24) is 20.4 Å². The van der Waals surface area contributed by atoms with Gasteiger partial charge in [-0.1, -0.05) is 23.7 Å². The van der Waals surface area contributed by atoms with Crippen LogP contribution in [0.15, 0.2) is 29.3 Å². The van der Waals surface area contributed by atoms with E-state index in [0.29, 0.717) is 0 Å². The third kappa shape index (κ3) is 9.39. The average Bonchev–Trinajstić information content (AvgIpc) is 2.83. The minimum Gasteiger partial charge on any atom is -0.356 e. The topological polar surface area (TPSA) is 42.9 Å². The molecule has 0 amide bonds. The molecule has 0 spiro atoms. The molecule has 1 aliphatic rings. The van der Waals surface area contributed by atoms with Crippen LogP contribution >= 0.6 is 35.6 Å². The molecule has 1 aromatic carbocycles. The van der Waals surface area contributed by atoms with Crippen LogP contribution in [0, 0.1) is 0 Å². The van der Waals surface area contributed by atoms with Crippen molar-refractivity contribution in [3.8, 4) is 0 Å². The van der Waals surface area contributed by atoms with E-state index < -0.39 is 0 Å². The molecule has 5 nitrogen and oxygen atoms in total. The normalized spacial score (nSPS) is 16.7. The smallest absolute Gasteiger partial charge is 0.190 e. The number of nitrogens with zero attached hydrogens (tertiary/aromatic N) is 3. The van der Waals surface area contributed by atoms with Crippen LogP contribution in [0.5, 0.6) is 0 Å². The van der Waals surface area contributed by atoms with Crippen molar-refractivity contribution in [2.45, 2.75) is 19.3 Å². The van der Waals surface area contributed by atoms with Crippen LogP contribution in [0.25, 0.3) is 0 Å². The highest BCUT2D eigenvalue weighted by molar-refractivity contribution is 14.0. The lowest BCUT2D eigenvalue weighted by Gasteiger charge is -2.20. The van der Waals surface area contributed by atoms with Gasteiger partial charge in [0.25, 0.3) is 0 Å². The van der Waals surface area contributed by atoms with E-state index in [9.17, 15) is 0 Å². The van der Waals surface area contributed by atoms with Gasteiger partial charge in [-0.05, 0) is 63.6 Å². The van der Waals surface area contributed by atoms with E-state index in [4.69, 9.17) is 11.6 Å². The number of halogens is 2. The molecule has 0 radical (unpaired) electrons. The summed E-state index contributed by atoms with van der Waals surface area (Å²) in [6.45, 7) is 7.78. The van der Waals surface area contributed by atoms with Crippen molar-refractivity contribution in [3.05, 3.63) is 34.9 Å². The maximum atomic E-state index is 5.91. The minimum absolute atomic E-state index is 0. The summed E-state index contributed by atoms with van der Waals surface area (Å²) in [5.41, 5.74) is 1.28. The summed E-state index contributed by atoms with van der Waals surface area (Å²) in [5.74, 6) is 0.879. The Hall–Kier alpha value is -0.570. The maximum Gasteiger partial charge on any atom is 0.190 e. The highest BCUT2D eigenvalue weighted by Crippen LogP contribution is 2.09. The zero-order valence-electron chi connectivity index (χ0n) is 16.0. The van der Waals surface area contributed by atoms with Gasteiger partial charge in [0, 0.05) is 38.2 Å². The van der Waals surface area contributed by atoms with Crippen molar-refractivity contribution in [2.24, 2.45) is 4.99 Å². The Morgan fingerprint density at radius 3 is 2.54 bits per heavy atom. The number of aliphatic imine (C=N–C) groups is 1. The highest BCUT2D eigenvalue weighted by atomic mass is 127. The molecule has 2 N–H and O–H groups in total. The largest absolute Gasteiger partial charge is 0.356 e. The molecule has 26 heavy (non-hydrogen) atoms. The Kier molecular flexibility index (Phi) is 12.3. The highest BCUT2D eigenvalue weighted by Gasteiger charge is 2.11. The summed E-state index contributed by atoms with van der Waals surface area (Å²) < 4.78 is 0. The van der Waals surface area contributed by atoms with E-state index in [2.05, 4.69) is 44.6 Å². The molecule has 1 aromatic rings. The maximum absolute atomic E-state index is 5.91. The second-order valence-corrected chi connectivity index (χ2v) is 7.09. The molecule has 0 aliphatic carbocycles. The van der Waals surface area contributed by atoms with E-state index in [1.54, 1.807) is 0 Å². The molecular formula is C19H33ClIN5. The predicted octanol–water partition coefficient (Wildman–Crippen LogP) is 2.69. The first kappa shape index (κ1) is 23.5. The summed E-state index contributed by atoms with van der Waals surface area (Å²) in [6, 6.07) is 8.01. The summed E-state index contributed by atoms with van der Waals surface area (Å²) in [4.78, 5) is 9.29. The minimum atomic E-state index is 0.